The van der Waals surface area contributed by atoms with Gasteiger partial charge < -0.3 is 18.9 Å². The molecule has 2 heterocycles. The highest BCUT2D eigenvalue weighted by molar-refractivity contribution is 5.92. The summed E-state index contributed by atoms with van der Waals surface area (Å²) in [6.07, 6.45) is 2.30. The first-order valence-electron chi connectivity index (χ1n) is 12.5. The number of piperidine rings is 1. The van der Waals surface area contributed by atoms with Crippen LogP contribution >= 0.6 is 0 Å². The third-order valence-corrected chi connectivity index (χ3v) is 6.71. The van der Waals surface area contributed by atoms with Gasteiger partial charge in [0, 0.05) is 37.2 Å². The minimum absolute atomic E-state index is 0.0137. The maximum atomic E-state index is 12.6. The maximum absolute atomic E-state index is 12.6. The molecule has 0 bridgehead atoms. The lowest BCUT2D eigenvalue weighted by Gasteiger charge is -2.33. The Bertz CT molecular complexity index is 1290. The van der Waals surface area contributed by atoms with Crippen LogP contribution in [-0.2, 0) is 14.3 Å². The molecule has 1 saturated heterocycles. The summed E-state index contributed by atoms with van der Waals surface area (Å²) in [5.41, 5.74) is 2.67. The molecule has 1 aromatic heterocycles. The maximum Gasteiger partial charge on any atom is 0.412 e. The Labute approximate surface area is 214 Å². The van der Waals surface area contributed by atoms with Crippen molar-refractivity contribution in [3.8, 4) is 17.4 Å². The van der Waals surface area contributed by atoms with Gasteiger partial charge in [-0.05, 0) is 49.6 Å². The number of carbonyl (C=O) groups is 2. The summed E-state index contributed by atoms with van der Waals surface area (Å²) in [4.78, 5) is 26.8. The second-order valence-corrected chi connectivity index (χ2v) is 9.37. The van der Waals surface area contributed by atoms with Gasteiger partial charge in [0.2, 0.25) is 5.69 Å². The molecule has 2 aliphatic rings. The van der Waals surface area contributed by atoms with E-state index in [1.807, 2.05) is 60.7 Å². The normalized spacial score (nSPS) is 16.5. The molecule has 0 radical (unpaired) electrons. The van der Waals surface area contributed by atoms with Crippen molar-refractivity contribution in [2.24, 2.45) is 5.92 Å². The first-order valence-corrected chi connectivity index (χ1v) is 12.5. The summed E-state index contributed by atoms with van der Waals surface area (Å²) in [6.45, 7) is 3.36. The van der Waals surface area contributed by atoms with E-state index >= 15 is 0 Å². The number of carbonyl (C=O) groups excluding carboxylic acids is 2. The van der Waals surface area contributed by atoms with Crippen LogP contribution in [0.25, 0.3) is 11.3 Å². The topological polar surface area (TPSA) is 118 Å². The van der Waals surface area contributed by atoms with Crippen molar-refractivity contribution in [2.75, 3.05) is 23.3 Å². The largest absolute Gasteiger partial charge is 0.462 e. The summed E-state index contributed by atoms with van der Waals surface area (Å²) < 4.78 is 16.5. The van der Waals surface area contributed by atoms with E-state index in [9.17, 15) is 14.9 Å². The van der Waals surface area contributed by atoms with Crippen LogP contribution in [0.5, 0.6) is 0 Å². The van der Waals surface area contributed by atoms with Crippen LogP contribution in [0.1, 0.15) is 50.0 Å². The van der Waals surface area contributed by atoms with Crippen LogP contribution in [0.4, 0.5) is 16.2 Å². The highest BCUT2D eigenvalue weighted by Gasteiger charge is 2.33. The Morgan fingerprint density at radius 1 is 1.08 bits per heavy atom. The number of amides is 1. The predicted octanol–water partition coefficient (Wildman–Crippen LogP) is 5.44. The van der Waals surface area contributed by atoms with E-state index < -0.39 is 12.2 Å². The SMILES string of the molecule is CC(OC(=O)Nc1c(C#N)noc1-c1ccc(N2CCC(OC(=O)C3CC3)CC2)cc1)c1ccccc1. The van der Waals surface area contributed by atoms with Crippen molar-refractivity contribution in [2.45, 2.75) is 44.8 Å². The number of nitriles is 1. The molecule has 1 N–H and O–H groups in total. The third-order valence-electron chi connectivity index (χ3n) is 6.71. The molecular formula is C28H28N4O5. The van der Waals surface area contributed by atoms with Crippen LogP contribution in [0.3, 0.4) is 0 Å². The molecule has 9 heteroatoms. The smallest absolute Gasteiger partial charge is 0.412 e. The van der Waals surface area contributed by atoms with Crippen LogP contribution in [0.2, 0.25) is 0 Å². The van der Waals surface area contributed by atoms with Gasteiger partial charge in [0.1, 0.15) is 24.0 Å². The lowest BCUT2D eigenvalue weighted by molar-refractivity contribution is -0.151. The number of anilines is 2. The summed E-state index contributed by atoms with van der Waals surface area (Å²) >= 11 is 0. The highest BCUT2D eigenvalue weighted by Crippen LogP contribution is 2.34. The molecule has 1 amide bonds. The van der Waals surface area contributed by atoms with Crippen molar-refractivity contribution < 1.29 is 23.6 Å². The van der Waals surface area contributed by atoms with Gasteiger partial charge in [-0.15, -0.1) is 0 Å². The van der Waals surface area contributed by atoms with Gasteiger partial charge in [0.05, 0.1) is 5.92 Å². The molecule has 1 aliphatic heterocycles. The molecule has 9 nitrogen and oxygen atoms in total. The number of ether oxygens (including phenoxy) is 2. The fraction of sp³-hybridized carbons (Fsp3) is 0.357. The van der Waals surface area contributed by atoms with Crippen molar-refractivity contribution in [3.63, 3.8) is 0 Å². The van der Waals surface area contributed by atoms with Gasteiger partial charge >= 0.3 is 12.1 Å². The van der Waals surface area contributed by atoms with Gasteiger partial charge in [0.15, 0.2) is 5.76 Å². The molecule has 3 aromatic rings. The van der Waals surface area contributed by atoms with E-state index in [0.717, 1.165) is 50.0 Å². The molecule has 190 valence electrons. The van der Waals surface area contributed by atoms with E-state index in [-0.39, 0.29) is 35.1 Å². The zero-order chi connectivity index (χ0) is 25.8. The minimum atomic E-state index is -0.709. The van der Waals surface area contributed by atoms with Crippen molar-refractivity contribution in [3.05, 3.63) is 65.9 Å². The van der Waals surface area contributed by atoms with Crippen molar-refractivity contribution in [1.82, 2.24) is 5.16 Å². The molecule has 37 heavy (non-hydrogen) atoms. The number of aromatic nitrogens is 1. The zero-order valence-electron chi connectivity index (χ0n) is 20.6. The van der Waals surface area contributed by atoms with Gasteiger partial charge in [-0.1, -0.05) is 35.5 Å². The molecule has 1 atom stereocenters. The standard InChI is InChI=1S/C28H28N4O5/c1-18(19-5-3-2-4-6-19)35-28(34)30-25-24(17-29)31-37-26(25)20-9-11-22(12-10-20)32-15-13-23(14-16-32)36-27(33)21-7-8-21/h2-6,9-12,18,21,23H,7-8,13-16H2,1H3,(H,30,34). The summed E-state index contributed by atoms with van der Waals surface area (Å²) in [5.74, 6) is 0.351. The zero-order valence-corrected chi connectivity index (χ0v) is 20.6. The van der Waals surface area contributed by atoms with Crippen LogP contribution < -0.4 is 10.2 Å². The first kappa shape index (κ1) is 24.4. The van der Waals surface area contributed by atoms with E-state index in [1.165, 1.54) is 0 Å². The Balaban J connectivity index is 1.22. The summed E-state index contributed by atoms with van der Waals surface area (Å²) in [7, 11) is 0. The first-order chi connectivity index (χ1) is 18.0. The van der Waals surface area contributed by atoms with E-state index in [4.69, 9.17) is 14.0 Å². The number of benzene rings is 2. The van der Waals surface area contributed by atoms with E-state index in [2.05, 4.69) is 15.4 Å². The Hall–Kier alpha value is -4.32. The predicted molar refractivity (Wildman–Crippen MR) is 136 cm³/mol. The van der Waals surface area contributed by atoms with Crippen LogP contribution in [0, 0.1) is 17.2 Å². The average molecular weight is 501 g/mol. The quantitative estimate of drug-likeness (QED) is 0.426. The van der Waals surface area contributed by atoms with Crippen LogP contribution in [0.15, 0.2) is 59.1 Å². The van der Waals surface area contributed by atoms with Gasteiger partial charge in [-0.2, -0.15) is 5.26 Å². The summed E-state index contributed by atoms with van der Waals surface area (Å²) in [6, 6.07) is 19.0. The number of esters is 1. The lowest BCUT2D eigenvalue weighted by atomic mass is 10.1. The number of hydrogen-bond donors (Lipinski definition) is 1. The van der Waals surface area contributed by atoms with E-state index in [1.54, 1.807) is 6.92 Å². The number of rotatable bonds is 7. The Kier molecular flexibility index (Phi) is 7.08. The number of hydrogen-bond acceptors (Lipinski definition) is 8. The average Bonchev–Trinajstić information content (AvgIpc) is 3.71. The molecular weight excluding hydrogens is 472 g/mol. The third kappa shape index (κ3) is 5.75. The van der Waals surface area contributed by atoms with E-state index in [0.29, 0.717) is 5.56 Å². The lowest BCUT2D eigenvalue weighted by Crippen LogP contribution is -2.38. The molecule has 1 aliphatic carbocycles. The summed E-state index contributed by atoms with van der Waals surface area (Å²) in [5, 5.41) is 15.9. The van der Waals surface area contributed by atoms with Crippen molar-refractivity contribution in [1.29, 1.82) is 5.26 Å². The fourth-order valence-electron chi connectivity index (χ4n) is 4.40. The molecule has 2 aromatic carbocycles. The molecule has 1 unspecified atom stereocenters. The Morgan fingerprint density at radius 2 is 1.78 bits per heavy atom. The Morgan fingerprint density at radius 3 is 2.43 bits per heavy atom. The molecule has 0 spiro atoms. The number of nitrogens with zero attached hydrogens (tertiary/aromatic N) is 3. The highest BCUT2D eigenvalue weighted by atomic mass is 16.6. The minimum Gasteiger partial charge on any atom is -0.462 e. The molecule has 5 rings (SSSR count). The van der Waals surface area contributed by atoms with Gasteiger partial charge in [-0.3, -0.25) is 10.1 Å². The van der Waals surface area contributed by atoms with Gasteiger partial charge in [0.25, 0.3) is 0 Å². The number of nitrogens with one attached hydrogen (secondary N) is 1. The second-order valence-electron chi connectivity index (χ2n) is 9.37. The van der Waals surface area contributed by atoms with Gasteiger partial charge in [-0.25, -0.2) is 4.79 Å². The monoisotopic (exact) mass is 500 g/mol. The molecule has 2 fully saturated rings. The fourth-order valence-corrected chi connectivity index (χ4v) is 4.40. The molecule has 1 saturated carbocycles. The van der Waals surface area contributed by atoms with Crippen molar-refractivity contribution >= 4 is 23.4 Å². The van der Waals surface area contributed by atoms with Crippen LogP contribution in [-0.4, -0.2) is 36.4 Å². The second kappa shape index (κ2) is 10.7.